The Labute approximate surface area is 155 Å². The maximum absolute atomic E-state index is 12.4. The third-order valence-electron chi connectivity index (χ3n) is 4.40. The van der Waals surface area contributed by atoms with Gasteiger partial charge in [0.1, 0.15) is 0 Å². The van der Waals surface area contributed by atoms with Crippen LogP contribution in [0.5, 0.6) is 0 Å². The van der Waals surface area contributed by atoms with Crippen LogP contribution in [0.3, 0.4) is 0 Å². The van der Waals surface area contributed by atoms with Crippen molar-refractivity contribution in [2.45, 2.75) is 13.0 Å². The number of ether oxygens (including phenoxy) is 1. The van der Waals surface area contributed by atoms with E-state index in [1.54, 1.807) is 4.90 Å². The van der Waals surface area contributed by atoms with Crippen molar-refractivity contribution in [3.63, 3.8) is 0 Å². The molecule has 1 atom stereocenters. The first-order chi connectivity index (χ1) is 13.2. The van der Waals surface area contributed by atoms with Crippen molar-refractivity contribution < 1.29 is 14.3 Å². The van der Waals surface area contributed by atoms with Crippen LogP contribution in [0.15, 0.2) is 60.7 Å². The molecular weight excluding hydrogens is 346 g/mol. The molecule has 1 aliphatic heterocycles. The number of para-hydroxylation sites is 2. The molecule has 136 valence electrons. The number of tetrazole rings is 1. The average molecular weight is 363 g/mol. The number of amides is 1. The van der Waals surface area contributed by atoms with Crippen LogP contribution in [0.1, 0.15) is 12.2 Å². The molecule has 3 aromatic rings. The zero-order valence-electron chi connectivity index (χ0n) is 14.4. The Morgan fingerprint density at radius 2 is 1.70 bits per heavy atom. The van der Waals surface area contributed by atoms with E-state index in [9.17, 15) is 9.59 Å². The lowest BCUT2D eigenvalue weighted by Gasteiger charge is -2.16. The Hall–Kier alpha value is -3.55. The molecule has 1 saturated heterocycles. The van der Waals surface area contributed by atoms with Crippen LogP contribution in [0.4, 0.5) is 5.69 Å². The summed E-state index contributed by atoms with van der Waals surface area (Å²) in [4.78, 5) is 26.3. The number of hydrogen-bond donors (Lipinski definition) is 0. The molecule has 0 aliphatic carbocycles. The molecule has 1 amide bonds. The Morgan fingerprint density at radius 3 is 2.41 bits per heavy atom. The molecule has 8 heteroatoms. The average Bonchev–Trinajstić information content (AvgIpc) is 3.34. The van der Waals surface area contributed by atoms with Gasteiger partial charge in [-0.3, -0.25) is 9.59 Å². The second kappa shape index (κ2) is 7.36. The summed E-state index contributed by atoms with van der Waals surface area (Å²) in [5, 5.41) is 11.5. The first-order valence-electron chi connectivity index (χ1n) is 8.57. The fraction of sp³-hybridized carbons (Fsp3) is 0.211. The summed E-state index contributed by atoms with van der Waals surface area (Å²) in [6, 6.07) is 18.6. The topological polar surface area (TPSA) is 90.2 Å². The summed E-state index contributed by atoms with van der Waals surface area (Å²) < 4.78 is 6.90. The molecule has 0 N–H and O–H groups in total. The lowest BCUT2D eigenvalue weighted by atomic mass is 10.1. The molecule has 27 heavy (non-hydrogen) atoms. The van der Waals surface area contributed by atoms with Crippen molar-refractivity contribution in [2.75, 3.05) is 11.4 Å². The van der Waals surface area contributed by atoms with E-state index in [2.05, 4.69) is 15.5 Å². The number of aromatic nitrogens is 4. The molecule has 0 unspecified atom stereocenters. The molecule has 0 spiro atoms. The van der Waals surface area contributed by atoms with Gasteiger partial charge in [-0.1, -0.05) is 36.4 Å². The third-order valence-corrected chi connectivity index (χ3v) is 4.40. The monoisotopic (exact) mass is 363 g/mol. The molecule has 1 aromatic heterocycles. The van der Waals surface area contributed by atoms with E-state index in [0.717, 1.165) is 11.4 Å². The Morgan fingerprint density at radius 1 is 1.04 bits per heavy atom. The van der Waals surface area contributed by atoms with Gasteiger partial charge in [0.2, 0.25) is 5.91 Å². The largest absolute Gasteiger partial charge is 0.457 e. The second-order valence-corrected chi connectivity index (χ2v) is 6.19. The molecular formula is C19H17N5O3. The van der Waals surface area contributed by atoms with Crippen molar-refractivity contribution in [1.82, 2.24) is 20.2 Å². The van der Waals surface area contributed by atoms with Gasteiger partial charge >= 0.3 is 5.97 Å². The maximum atomic E-state index is 12.4. The SMILES string of the molecule is O=C(OCc1nnnn1-c1ccccc1)[C@@H]1CC(=O)N(c2ccccc2)C1. The van der Waals surface area contributed by atoms with Gasteiger partial charge in [-0.2, -0.15) is 4.68 Å². The number of anilines is 1. The van der Waals surface area contributed by atoms with Gasteiger partial charge in [0.15, 0.2) is 12.4 Å². The molecule has 2 heterocycles. The normalized spacial score (nSPS) is 16.5. The van der Waals surface area contributed by atoms with E-state index in [4.69, 9.17) is 4.74 Å². The van der Waals surface area contributed by atoms with Crippen molar-refractivity contribution in [3.05, 3.63) is 66.5 Å². The predicted octanol–water partition coefficient (Wildman–Crippen LogP) is 1.76. The number of benzene rings is 2. The lowest BCUT2D eigenvalue weighted by molar-refractivity contribution is -0.150. The minimum atomic E-state index is -0.501. The van der Waals surface area contributed by atoms with Crippen molar-refractivity contribution in [1.29, 1.82) is 0 Å². The van der Waals surface area contributed by atoms with Crippen LogP contribution in [0.2, 0.25) is 0 Å². The minimum Gasteiger partial charge on any atom is -0.457 e. The van der Waals surface area contributed by atoms with E-state index < -0.39 is 11.9 Å². The highest BCUT2D eigenvalue weighted by atomic mass is 16.5. The Balaban J connectivity index is 1.40. The zero-order valence-corrected chi connectivity index (χ0v) is 14.4. The molecule has 0 saturated carbocycles. The first kappa shape index (κ1) is 16.9. The smallest absolute Gasteiger partial charge is 0.311 e. The van der Waals surface area contributed by atoms with E-state index in [0.29, 0.717) is 12.4 Å². The number of nitrogens with zero attached hydrogens (tertiary/aromatic N) is 5. The van der Waals surface area contributed by atoms with Crippen LogP contribution in [0, 0.1) is 5.92 Å². The van der Waals surface area contributed by atoms with Crippen molar-refractivity contribution in [2.24, 2.45) is 5.92 Å². The number of carbonyl (C=O) groups excluding carboxylic acids is 2. The Bertz CT molecular complexity index is 942. The van der Waals surface area contributed by atoms with E-state index in [1.807, 2.05) is 60.7 Å². The highest BCUT2D eigenvalue weighted by Crippen LogP contribution is 2.25. The number of hydrogen-bond acceptors (Lipinski definition) is 6. The van der Waals surface area contributed by atoms with Crippen LogP contribution in [0.25, 0.3) is 5.69 Å². The third kappa shape index (κ3) is 3.55. The molecule has 2 aromatic carbocycles. The first-order valence-corrected chi connectivity index (χ1v) is 8.57. The number of esters is 1. The highest BCUT2D eigenvalue weighted by molar-refractivity contribution is 5.99. The Kier molecular flexibility index (Phi) is 4.61. The van der Waals surface area contributed by atoms with Gasteiger partial charge in [0, 0.05) is 18.7 Å². The van der Waals surface area contributed by atoms with E-state index >= 15 is 0 Å². The van der Waals surface area contributed by atoms with Gasteiger partial charge in [-0.15, -0.1) is 5.10 Å². The number of carbonyl (C=O) groups is 2. The fourth-order valence-corrected chi connectivity index (χ4v) is 3.04. The summed E-state index contributed by atoms with van der Waals surface area (Å²) in [7, 11) is 0. The quantitative estimate of drug-likeness (QED) is 0.642. The summed E-state index contributed by atoms with van der Waals surface area (Å²) in [6.45, 7) is 0.252. The van der Waals surface area contributed by atoms with E-state index in [1.165, 1.54) is 4.68 Å². The minimum absolute atomic E-state index is 0.0588. The van der Waals surface area contributed by atoms with E-state index in [-0.39, 0.29) is 18.9 Å². The van der Waals surface area contributed by atoms with Gasteiger partial charge in [-0.25, -0.2) is 0 Å². The zero-order chi connectivity index (χ0) is 18.6. The molecule has 0 radical (unpaired) electrons. The van der Waals surface area contributed by atoms with Crippen molar-refractivity contribution in [3.8, 4) is 5.69 Å². The van der Waals surface area contributed by atoms with Gasteiger partial charge in [0.25, 0.3) is 0 Å². The molecule has 1 aliphatic rings. The fourth-order valence-electron chi connectivity index (χ4n) is 3.04. The summed E-state index contributed by atoms with van der Waals surface area (Å²) in [6.07, 6.45) is 0.136. The van der Waals surface area contributed by atoms with Crippen LogP contribution < -0.4 is 4.90 Å². The molecule has 0 bridgehead atoms. The van der Waals surface area contributed by atoms with Crippen LogP contribution >= 0.6 is 0 Å². The molecule has 1 fully saturated rings. The highest BCUT2D eigenvalue weighted by Gasteiger charge is 2.36. The number of rotatable bonds is 5. The van der Waals surface area contributed by atoms with Crippen LogP contribution in [-0.4, -0.2) is 38.6 Å². The second-order valence-electron chi connectivity index (χ2n) is 6.19. The lowest BCUT2D eigenvalue weighted by Crippen LogP contribution is -2.26. The maximum Gasteiger partial charge on any atom is 0.311 e. The van der Waals surface area contributed by atoms with Gasteiger partial charge < -0.3 is 9.64 Å². The van der Waals surface area contributed by atoms with Gasteiger partial charge in [-0.05, 0) is 34.7 Å². The van der Waals surface area contributed by atoms with Crippen LogP contribution in [-0.2, 0) is 20.9 Å². The summed E-state index contributed by atoms with van der Waals surface area (Å²) in [5.74, 6) is -0.598. The summed E-state index contributed by atoms with van der Waals surface area (Å²) in [5.41, 5.74) is 1.56. The predicted molar refractivity (Wildman–Crippen MR) is 95.9 cm³/mol. The standard InChI is InChI=1S/C19H17N5O3/c25-18-11-14(12-23(18)15-7-3-1-4-8-15)19(26)27-13-17-20-21-22-24(17)16-9-5-2-6-10-16/h1-10,14H,11-13H2/t14-/m1/s1. The summed E-state index contributed by atoms with van der Waals surface area (Å²) >= 11 is 0. The van der Waals surface area contributed by atoms with Gasteiger partial charge in [0.05, 0.1) is 11.6 Å². The van der Waals surface area contributed by atoms with Crippen molar-refractivity contribution >= 4 is 17.6 Å². The molecule has 8 nitrogen and oxygen atoms in total. The molecule has 4 rings (SSSR count).